The minimum Gasteiger partial charge on any atom is -0.458 e. The zero-order valence-electron chi connectivity index (χ0n) is 11.1. The van der Waals surface area contributed by atoms with Crippen molar-refractivity contribution < 1.29 is 14.5 Å². The first-order valence-electron chi connectivity index (χ1n) is 6.30. The molecule has 0 N–H and O–H groups in total. The Bertz CT molecular complexity index is 648. The van der Waals surface area contributed by atoms with Crippen LogP contribution >= 0.6 is 0 Å². The lowest BCUT2D eigenvalue weighted by Gasteiger charge is -2.01. The number of nitrogens with zero attached hydrogens (tertiary/aromatic N) is 1. The Morgan fingerprint density at radius 2 is 1.76 bits per heavy atom. The van der Waals surface area contributed by atoms with Gasteiger partial charge in [-0.25, -0.2) is 4.79 Å². The topological polar surface area (TPSA) is 69.4 Å². The van der Waals surface area contributed by atoms with Crippen molar-refractivity contribution >= 4 is 17.7 Å². The highest BCUT2D eigenvalue weighted by Crippen LogP contribution is 2.12. The summed E-state index contributed by atoms with van der Waals surface area (Å²) < 4.78 is 5.05. The zero-order valence-corrected chi connectivity index (χ0v) is 11.1. The van der Waals surface area contributed by atoms with Crippen LogP contribution in [0.3, 0.4) is 0 Å². The number of hydrogen-bond acceptors (Lipinski definition) is 4. The lowest BCUT2D eigenvalue weighted by Crippen LogP contribution is -2.05. The first kappa shape index (κ1) is 14.5. The number of esters is 1. The highest BCUT2D eigenvalue weighted by Gasteiger charge is 2.09. The monoisotopic (exact) mass is 283 g/mol. The predicted octanol–water partition coefficient (Wildman–Crippen LogP) is 3.47. The van der Waals surface area contributed by atoms with Crippen molar-refractivity contribution in [1.29, 1.82) is 0 Å². The molecule has 0 heterocycles. The molecule has 106 valence electrons. The standard InChI is InChI=1S/C16H13NO4/c18-16(14-8-10-15(11-9-14)17(19)20)21-12-4-7-13-5-2-1-3-6-13/h1-11H,12H2/b7-4+. The molecular formula is C16H13NO4. The zero-order chi connectivity index (χ0) is 15.1. The molecule has 0 saturated carbocycles. The Morgan fingerprint density at radius 3 is 2.38 bits per heavy atom. The van der Waals surface area contributed by atoms with E-state index in [0.717, 1.165) is 5.56 Å². The number of nitro groups is 1. The molecule has 0 spiro atoms. The summed E-state index contributed by atoms with van der Waals surface area (Å²) in [4.78, 5) is 21.7. The van der Waals surface area contributed by atoms with Gasteiger partial charge in [0.05, 0.1) is 10.5 Å². The molecular weight excluding hydrogens is 270 g/mol. The van der Waals surface area contributed by atoms with Crippen LogP contribution in [-0.2, 0) is 4.74 Å². The van der Waals surface area contributed by atoms with Gasteiger partial charge in [-0.05, 0) is 23.8 Å². The first-order valence-corrected chi connectivity index (χ1v) is 6.30. The number of ether oxygens (including phenoxy) is 1. The molecule has 2 rings (SSSR count). The van der Waals surface area contributed by atoms with Crippen molar-refractivity contribution in [3.63, 3.8) is 0 Å². The van der Waals surface area contributed by atoms with Crippen molar-refractivity contribution in [3.05, 3.63) is 81.9 Å². The molecule has 2 aromatic rings. The SMILES string of the molecule is O=C(OC/C=C/c1ccccc1)c1ccc([N+](=O)[O-])cc1. The van der Waals surface area contributed by atoms with Gasteiger partial charge in [0.1, 0.15) is 6.61 Å². The average Bonchev–Trinajstić information content (AvgIpc) is 2.52. The number of non-ortho nitro benzene ring substituents is 1. The van der Waals surface area contributed by atoms with E-state index in [1.54, 1.807) is 6.08 Å². The normalized spacial score (nSPS) is 10.5. The largest absolute Gasteiger partial charge is 0.458 e. The van der Waals surface area contributed by atoms with Crippen LogP contribution < -0.4 is 0 Å². The number of hydrogen-bond donors (Lipinski definition) is 0. The van der Waals surface area contributed by atoms with Gasteiger partial charge in [-0.3, -0.25) is 10.1 Å². The molecule has 0 aliphatic carbocycles. The molecule has 0 amide bonds. The van der Waals surface area contributed by atoms with Gasteiger partial charge < -0.3 is 4.74 Å². The summed E-state index contributed by atoms with van der Waals surface area (Å²) >= 11 is 0. The summed E-state index contributed by atoms with van der Waals surface area (Å²) in [6, 6.07) is 14.9. The van der Waals surface area contributed by atoms with Gasteiger partial charge >= 0.3 is 5.97 Å². The second-order valence-corrected chi connectivity index (χ2v) is 4.22. The van der Waals surface area contributed by atoms with Crippen molar-refractivity contribution in [2.45, 2.75) is 0 Å². The third-order valence-corrected chi connectivity index (χ3v) is 2.73. The van der Waals surface area contributed by atoms with Gasteiger partial charge in [-0.2, -0.15) is 0 Å². The maximum atomic E-state index is 11.7. The van der Waals surface area contributed by atoms with E-state index in [1.807, 2.05) is 36.4 Å². The lowest BCUT2D eigenvalue weighted by molar-refractivity contribution is -0.384. The summed E-state index contributed by atoms with van der Waals surface area (Å²) in [5, 5.41) is 10.5. The average molecular weight is 283 g/mol. The smallest absolute Gasteiger partial charge is 0.338 e. The van der Waals surface area contributed by atoms with Crippen molar-refractivity contribution in [2.24, 2.45) is 0 Å². The highest BCUT2D eigenvalue weighted by molar-refractivity contribution is 5.89. The molecule has 0 bridgehead atoms. The second kappa shape index (κ2) is 7.00. The van der Waals surface area contributed by atoms with E-state index >= 15 is 0 Å². The number of carbonyl (C=O) groups is 1. The maximum Gasteiger partial charge on any atom is 0.338 e. The van der Waals surface area contributed by atoms with Gasteiger partial charge in [0.15, 0.2) is 0 Å². The van der Waals surface area contributed by atoms with Crippen molar-refractivity contribution in [1.82, 2.24) is 0 Å². The van der Waals surface area contributed by atoms with Gasteiger partial charge in [-0.15, -0.1) is 0 Å². The van der Waals surface area contributed by atoms with Gasteiger partial charge in [0.25, 0.3) is 5.69 Å². The Balaban J connectivity index is 1.87. The van der Waals surface area contributed by atoms with Crippen LogP contribution in [0, 0.1) is 10.1 Å². The quantitative estimate of drug-likeness (QED) is 0.478. The summed E-state index contributed by atoms with van der Waals surface area (Å²) in [5.41, 5.74) is 1.24. The number of rotatable bonds is 5. The summed E-state index contributed by atoms with van der Waals surface area (Å²) in [7, 11) is 0. The Hall–Kier alpha value is -2.95. The number of benzene rings is 2. The Kier molecular flexibility index (Phi) is 4.82. The van der Waals surface area contributed by atoms with Crippen molar-refractivity contribution in [2.75, 3.05) is 6.61 Å². The van der Waals surface area contributed by atoms with Gasteiger partial charge in [0.2, 0.25) is 0 Å². The molecule has 5 nitrogen and oxygen atoms in total. The summed E-state index contributed by atoms with van der Waals surface area (Å²) in [6.07, 6.45) is 3.59. The molecule has 0 unspecified atom stereocenters. The fraction of sp³-hybridized carbons (Fsp3) is 0.0625. The highest BCUT2D eigenvalue weighted by atomic mass is 16.6. The molecule has 0 atom stereocenters. The van der Waals surface area contributed by atoms with Crippen LogP contribution in [0.2, 0.25) is 0 Å². The van der Waals surface area contributed by atoms with Crippen LogP contribution in [0.25, 0.3) is 6.08 Å². The van der Waals surface area contributed by atoms with Crippen molar-refractivity contribution in [3.8, 4) is 0 Å². The molecule has 21 heavy (non-hydrogen) atoms. The van der Waals surface area contributed by atoms with Gasteiger partial charge in [0, 0.05) is 12.1 Å². The van der Waals surface area contributed by atoms with Crippen LogP contribution in [0.4, 0.5) is 5.69 Å². The van der Waals surface area contributed by atoms with E-state index in [2.05, 4.69) is 0 Å². The minimum absolute atomic E-state index is 0.0597. The molecule has 2 aromatic carbocycles. The molecule has 0 fully saturated rings. The predicted molar refractivity (Wildman–Crippen MR) is 78.9 cm³/mol. The van der Waals surface area contributed by atoms with E-state index in [4.69, 9.17) is 4.74 Å². The van der Waals surface area contributed by atoms with E-state index in [1.165, 1.54) is 24.3 Å². The van der Waals surface area contributed by atoms with E-state index < -0.39 is 10.9 Å². The summed E-state index contributed by atoms with van der Waals surface area (Å²) in [6.45, 7) is 0.144. The van der Waals surface area contributed by atoms with Crippen LogP contribution in [0.1, 0.15) is 15.9 Å². The Labute approximate surface area is 121 Å². The van der Waals surface area contributed by atoms with E-state index in [-0.39, 0.29) is 17.9 Å². The maximum absolute atomic E-state index is 11.7. The fourth-order valence-corrected chi connectivity index (χ4v) is 1.67. The van der Waals surface area contributed by atoms with Crippen LogP contribution in [0.15, 0.2) is 60.7 Å². The molecule has 0 aliphatic heterocycles. The molecule has 0 aliphatic rings. The Morgan fingerprint density at radius 1 is 1.10 bits per heavy atom. The second-order valence-electron chi connectivity index (χ2n) is 4.22. The van der Waals surface area contributed by atoms with Gasteiger partial charge in [-0.1, -0.05) is 36.4 Å². The fourth-order valence-electron chi connectivity index (χ4n) is 1.67. The number of carbonyl (C=O) groups excluding carboxylic acids is 1. The van der Waals surface area contributed by atoms with Crippen LogP contribution in [-0.4, -0.2) is 17.5 Å². The molecule has 0 radical (unpaired) electrons. The first-order chi connectivity index (χ1) is 10.2. The minimum atomic E-state index is -0.516. The molecule has 0 saturated heterocycles. The molecule has 0 aromatic heterocycles. The lowest BCUT2D eigenvalue weighted by atomic mass is 10.2. The summed E-state index contributed by atoms with van der Waals surface area (Å²) in [5.74, 6) is -0.511. The van der Waals surface area contributed by atoms with E-state index in [0.29, 0.717) is 0 Å². The van der Waals surface area contributed by atoms with Crippen LogP contribution in [0.5, 0.6) is 0 Å². The number of nitro benzene ring substituents is 1. The third-order valence-electron chi connectivity index (χ3n) is 2.73. The third kappa shape index (κ3) is 4.28. The van der Waals surface area contributed by atoms with E-state index in [9.17, 15) is 14.9 Å². The molecule has 5 heteroatoms.